The van der Waals surface area contributed by atoms with Crippen LogP contribution in [0.5, 0.6) is 0 Å². The van der Waals surface area contributed by atoms with E-state index in [1.54, 1.807) is 0 Å². The lowest BCUT2D eigenvalue weighted by Crippen LogP contribution is -2.14. The predicted octanol–water partition coefficient (Wildman–Crippen LogP) is 8.94. The van der Waals surface area contributed by atoms with Crippen molar-refractivity contribution < 1.29 is 0 Å². The fourth-order valence-corrected chi connectivity index (χ4v) is 6.81. The van der Waals surface area contributed by atoms with Gasteiger partial charge in [0.15, 0.2) is 0 Å². The molecule has 0 nitrogen and oxygen atoms in total. The summed E-state index contributed by atoms with van der Waals surface area (Å²) in [7, 11) is 0. The van der Waals surface area contributed by atoms with Crippen LogP contribution in [-0.4, -0.2) is 0 Å². The molecular weight excluding hydrogens is 404 g/mol. The van der Waals surface area contributed by atoms with Crippen LogP contribution in [0.15, 0.2) is 107 Å². The lowest BCUT2D eigenvalue weighted by Gasteiger charge is -2.23. The van der Waals surface area contributed by atoms with Gasteiger partial charge in [-0.1, -0.05) is 104 Å². The van der Waals surface area contributed by atoms with Gasteiger partial charge in [-0.05, 0) is 68.1 Å². The molecular formula is C31H22S. The zero-order chi connectivity index (χ0) is 21.4. The molecule has 5 aromatic carbocycles. The van der Waals surface area contributed by atoms with Crippen LogP contribution in [0.4, 0.5) is 0 Å². The van der Waals surface area contributed by atoms with Gasteiger partial charge in [-0.15, -0.1) is 0 Å². The Kier molecular flexibility index (Phi) is 3.64. The molecule has 0 unspecified atom stereocenters. The second-order valence-corrected chi connectivity index (χ2v) is 10.5. The Balaban J connectivity index is 1.37. The molecule has 0 N–H and O–H groups in total. The minimum absolute atomic E-state index is 0.0273. The minimum Gasteiger partial charge on any atom is -0.0888 e. The molecule has 1 heteroatoms. The molecule has 5 aromatic rings. The fourth-order valence-electron chi connectivity index (χ4n) is 5.63. The molecule has 0 radical (unpaired) electrons. The Hall–Kier alpha value is -3.29. The fraction of sp³-hybridized carbons (Fsp3) is 0.0968. The summed E-state index contributed by atoms with van der Waals surface area (Å²) in [5, 5.41) is 2.71. The van der Waals surface area contributed by atoms with Gasteiger partial charge in [0.05, 0.1) is 0 Å². The van der Waals surface area contributed by atoms with Crippen molar-refractivity contribution in [2.45, 2.75) is 29.1 Å². The summed E-state index contributed by atoms with van der Waals surface area (Å²) in [6.45, 7) is 4.70. The molecule has 0 atom stereocenters. The van der Waals surface area contributed by atoms with Crippen molar-refractivity contribution in [3.63, 3.8) is 0 Å². The van der Waals surface area contributed by atoms with Gasteiger partial charge in [0.1, 0.15) is 0 Å². The Labute approximate surface area is 192 Å². The Morgan fingerprint density at radius 3 is 2.09 bits per heavy atom. The first kappa shape index (κ1) is 18.3. The summed E-state index contributed by atoms with van der Waals surface area (Å²) in [6.07, 6.45) is 0. The molecule has 0 bridgehead atoms. The lowest BCUT2D eigenvalue weighted by molar-refractivity contribution is 0.660. The molecule has 1 aliphatic carbocycles. The largest absolute Gasteiger partial charge is 0.0888 e. The molecule has 1 aliphatic heterocycles. The highest BCUT2D eigenvalue weighted by Gasteiger charge is 2.35. The van der Waals surface area contributed by atoms with Crippen molar-refractivity contribution in [3.05, 3.63) is 108 Å². The molecule has 0 aromatic heterocycles. The maximum Gasteiger partial charge on any atom is 0.0207 e. The van der Waals surface area contributed by atoms with Crippen LogP contribution in [0, 0.1) is 0 Å². The molecule has 152 valence electrons. The molecule has 32 heavy (non-hydrogen) atoms. The van der Waals surface area contributed by atoms with E-state index in [9.17, 15) is 0 Å². The molecule has 1 heterocycles. The van der Waals surface area contributed by atoms with Gasteiger partial charge in [0.2, 0.25) is 0 Å². The van der Waals surface area contributed by atoms with Crippen molar-refractivity contribution in [2.24, 2.45) is 0 Å². The second kappa shape index (κ2) is 6.37. The molecule has 0 saturated carbocycles. The zero-order valence-electron chi connectivity index (χ0n) is 18.1. The highest BCUT2D eigenvalue weighted by Crippen LogP contribution is 2.51. The average molecular weight is 427 g/mol. The number of rotatable bonds is 1. The number of hydrogen-bond donors (Lipinski definition) is 0. The summed E-state index contributed by atoms with van der Waals surface area (Å²) < 4.78 is 0. The van der Waals surface area contributed by atoms with E-state index in [1.807, 2.05) is 11.8 Å². The maximum absolute atomic E-state index is 2.42. The van der Waals surface area contributed by atoms with E-state index in [-0.39, 0.29) is 5.41 Å². The lowest BCUT2D eigenvalue weighted by atomic mass is 9.81. The van der Waals surface area contributed by atoms with Crippen molar-refractivity contribution in [2.75, 3.05) is 0 Å². The zero-order valence-corrected chi connectivity index (χ0v) is 19.0. The third-order valence-electron chi connectivity index (χ3n) is 7.27. The molecule has 0 saturated heterocycles. The van der Waals surface area contributed by atoms with Crippen LogP contribution in [-0.2, 0) is 5.41 Å². The molecule has 0 amide bonds. The molecule has 7 rings (SSSR count). The van der Waals surface area contributed by atoms with E-state index in [1.165, 1.54) is 65.1 Å². The topological polar surface area (TPSA) is 0 Å². The van der Waals surface area contributed by atoms with Gasteiger partial charge in [-0.3, -0.25) is 0 Å². The van der Waals surface area contributed by atoms with Crippen LogP contribution in [0.25, 0.3) is 44.2 Å². The van der Waals surface area contributed by atoms with Crippen LogP contribution in [0.3, 0.4) is 0 Å². The van der Waals surface area contributed by atoms with E-state index in [0.29, 0.717) is 0 Å². The van der Waals surface area contributed by atoms with E-state index >= 15 is 0 Å². The van der Waals surface area contributed by atoms with E-state index < -0.39 is 0 Å². The highest BCUT2D eigenvalue weighted by molar-refractivity contribution is 7.99. The summed E-state index contributed by atoms with van der Waals surface area (Å²) in [6, 6.07) is 36.2. The van der Waals surface area contributed by atoms with Crippen molar-refractivity contribution in [3.8, 4) is 33.4 Å². The SMILES string of the molecule is CC1(C)c2ccccc2-c2ccc(-c3ccc4c(c3)Sc3cccc5cccc-4c35)cc21. The summed E-state index contributed by atoms with van der Waals surface area (Å²) in [4.78, 5) is 2.70. The van der Waals surface area contributed by atoms with Gasteiger partial charge in [-0.25, -0.2) is 0 Å². The summed E-state index contributed by atoms with van der Waals surface area (Å²) >= 11 is 1.90. The van der Waals surface area contributed by atoms with Crippen LogP contribution >= 0.6 is 11.8 Å². The van der Waals surface area contributed by atoms with Crippen molar-refractivity contribution in [1.29, 1.82) is 0 Å². The van der Waals surface area contributed by atoms with Gasteiger partial charge >= 0.3 is 0 Å². The summed E-state index contributed by atoms with van der Waals surface area (Å²) in [5.41, 5.74) is 10.9. The minimum atomic E-state index is 0.0273. The number of fused-ring (bicyclic) bond motifs is 5. The Morgan fingerprint density at radius 1 is 0.531 bits per heavy atom. The molecule has 0 spiro atoms. The normalized spacial score (nSPS) is 14.7. The van der Waals surface area contributed by atoms with Gasteiger partial charge in [-0.2, -0.15) is 0 Å². The summed E-state index contributed by atoms with van der Waals surface area (Å²) in [5.74, 6) is 0. The molecule has 2 aliphatic rings. The number of benzene rings is 5. The first-order valence-electron chi connectivity index (χ1n) is 11.2. The Morgan fingerprint density at radius 2 is 1.22 bits per heavy atom. The molecule has 0 fully saturated rings. The Bertz CT molecular complexity index is 1570. The highest BCUT2D eigenvalue weighted by atomic mass is 32.2. The van der Waals surface area contributed by atoms with Crippen LogP contribution in [0.1, 0.15) is 25.0 Å². The first-order valence-corrected chi connectivity index (χ1v) is 12.0. The second-order valence-electron chi connectivity index (χ2n) is 9.40. The van der Waals surface area contributed by atoms with Gasteiger partial charge < -0.3 is 0 Å². The van der Waals surface area contributed by atoms with Gasteiger partial charge in [0.25, 0.3) is 0 Å². The standard InChI is InChI=1S/C31H22S/c1-31(2)26-11-4-3-9-22(26)23-15-13-20(17-27(23)31)21-14-16-24-25-10-5-7-19-8-6-12-28(30(19)25)32-29(24)18-21/h3-18H,1-2H3. The predicted molar refractivity (Wildman–Crippen MR) is 137 cm³/mol. The van der Waals surface area contributed by atoms with Crippen molar-refractivity contribution >= 4 is 22.5 Å². The van der Waals surface area contributed by atoms with E-state index in [0.717, 1.165) is 0 Å². The van der Waals surface area contributed by atoms with Crippen LogP contribution < -0.4 is 0 Å². The maximum atomic E-state index is 2.42. The third kappa shape index (κ3) is 2.40. The smallest absolute Gasteiger partial charge is 0.0207 e. The van der Waals surface area contributed by atoms with Crippen molar-refractivity contribution in [1.82, 2.24) is 0 Å². The quantitative estimate of drug-likeness (QED) is 0.253. The third-order valence-corrected chi connectivity index (χ3v) is 8.39. The van der Waals surface area contributed by atoms with Crippen LogP contribution in [0.2, 0.25) is 0 Å². The monoisotopic (exact) mass is 426 g/mol. The average Bonchev–Trinajstić information content (AvgIpc) is 3.06. The number of hydrogen-bond acceptors (Lipinski definition) is 1. The first-order chi connectivity index (χ1) is 15.6. The van der Waals surface area contributed by atoms with E-state index in [2.05, 4.69) is 111 Å². The van der Waals surface area contributed by atoms with E-state index in [4.69, 9.17) is 0 Å². The van der Waals surface area contributed by atoms with Gasteiger partial charge in [0, 0.05) is 20.6 Å².